The molecule has 0 amide bonds. The van der Waals surface area contributed by atoms with Crippen molar-refractivity contribution in [2.45, 2.75) is 109 Å². The maximum absolute atomic E-state index is 14.8. The highest BCUT2D eigenvalue weighted by molar-refractivity contribution is 5.29. The van der Waals surface area contributed by atoms with Gasteiger partial charge in [-0.25, -0.2) is 4.39 Å². The van der Waals surface area contributed by atoms with E-state index in [1.165, 1.54) is 56.2 Å². The maximum atomic E-state index is 14.8. The predicted molar refractivity (Wildman–Crippen MR) is 150 cm³/mol. The monoisotopic (exact) mass is 526 g/mol. The lowest BCUT2D eigenvalue weighted by atomic mass is 9.77. The van der Waals surface area contributed by atoms with Crippen LogP contribution in [-0.4, -0.2) is 6.61 Å². The Hall–Kier alpha value is -2.07. The third kappa shape index (κ3) is 7.74. The lowest BCUT2D eigenvalue weighted by Crippen LogP contribution is -2.22. The Bertz CT molecular complexity index is 1010. The van der Waals surface area contributed by atoms with Gasteiger partial charge >= 0.3 is 6.11 Å². The van der Waals surface area contributed by atoms with Crippen molar-refractivity contribution in [2.75, 3.05) is 6.61 Å². The van der Waals surface area contributed by atoms with Crippen molar-refractivity contribution in [1.82, 2.24) is 0 Å². The highest BCUT2D eigenvalue weighted by Crippen LogP contribution is 2.40. The second-order valence-corrected chi connectivity index (χ2v) is 11.6. The van der Waals surface area contributed by atoms with Crippen molar-refractivity contribution in [3.63, 3.8) is 0 Å². The summed E-state index contributed by atoms with van der Waals surface area (Å²) in [4.78, 5) is 0. The van der Waals surface area contributed by atoms with E-state index in [4.69, 9.17) is 4.74 Å². The van der Waals surface area contributed by atoms with Crippen molar-refractivity contribution in [3.05, 3.63) is 82.7 Å². The predicted octanol–water partition coefficient (Wildman–Crippen LogP) is 10.4. The first-order valence-corrected chi connectivity index (χ1v) is 14.9. The van der Waals surface area contributed by atoms with Crippen LogP contribution in [0, 0.1) is 17.7 Å². The van der Waals surface area contributed by atoms with Crippen LogP contribution in [0.1, 0.15) is 119 Å². The molecule has 0 saturated heterocycles. The molecule has 0 N–H and O–H groups in total. The van der Waals surface area contributed by atoms with Gasteiger partial charge in [0.2, 0.25) is 0 Å². The molecular weight excluding hydrogens is 481 g/mol. The number of benzene rings is 2. The number of halogens is 3. The molecule has 208 valence electrons. The second kappa shape index (κ2) is 13.8. The van der Waals surface area contributed by atoms with Crippen LogP contribution in [0.4, 0.5) is 13.2 Å². The number of hydrogen-bond acceptors (Lipinski definition) is 1. The van der Waals surface area contributed by atoms with E-state index in [0.717, 1.165) is 49.1 Å². The molecule has 0 spiro atoms. The van der Waals surface area contributed by atoms with E-state index >= 15 is 0 Å². The molecule has 0 bridgehead atoms. The molecule has 1 nitrogen and oxygen atoms in total. The van der Waals surface area contributed by atoms with Gasteiger partial charge in [-0.2, -0.15) is 8.78 Å². The molecule has 2 aromatic rings. The highest BCUT2D eigenvalue weighted by atomic mass is 19.3. The van der Waals surface area contributed by atoms with Gasteiger partial charge in [0, 0.05) is 0 Å². The normalized spacial score (nSPS) is 24.7. The summed E-state index contributed by atoms with van der Waals surface area (Å²) in [6.45, 7) is 4.15. The van der Waals surface area contributed by atoms with Crippen molar-refractivity contribution >= 4 is 0 Å². The Labute approximate surface area is 227 Å². The molecule has 2 aromatic carbocycles. The highest BCUT2D eigenvalue weighted by Gasteiger charge is 2.36. The average Bonchev–Trinajstić information content (AvgIpc) is 2.94. The van der Waals surface area contributed by atoms with E-state index in [9.17, 15) is 13.2 Å². The average molecular weight is 527 g/mol. The summed E-state index contributed by atoms with van der Waals surface area (Å²) in [6, 6.07) is 12.5. The van der Waals surface area contributed by atoms with Gasteiger partial charge < -0.3 is 4.74 Å². The van der Waals surface area contributed by atoms with Crippen molar-refractivity contribution < 1.29 is 17.9 Å². The fourth-order valence-corrected chi connectivity index (χ4v) is 6.54. The molecule has 4 heteroatoms. The SMILES string of the molecule is CC=CCCC1CCC(c2ccc(C(F)(F)OCCc3ccc(C4CCC(CC)CC4)cc3)c(F)c2)CC1. The fraction of sp³-hybridized carbons (Fsp3) is 0.588. The first kappa shape index (κ1) is 28.9. The molecule has 0 aromatic heterocycles. The van der Waals surface area contributed by atoms with Gasteiger partial charge in [0.05, 0.1) is 12.2 Å². The van der Waals surface area contributed by atoms with E-state index in [0.29, 0.717) is 18.3 Å². The molecule has 2 aliphatic carbocycles. The molecule has 0 aliphatic heterocycles. The molecule has 38 heavy (non-hydrogen) atoms. The van der Waals surface area contributed by atoms with E-state index in [1.807, 2.05) is 19.1 Å². The molecule has 4 rings (SSSR count). The Morgan fingerprint density at radius 2 is 1.45 bits per heavy atom. The fourth-order valence-electron chi connectivity index (χ4n) is 6.54. The molecule has 0 atom stereocenters. The maximum Gasteiger partial charge on any atom is 0.386 e. The van der Waals surface area contributed by atoms with Crippen LogP contribution in [0.3, 0.4) is 0 Å². The summed E-state index contributed by atoms with van der Waals surface area (Å²) in [5, 5.41) is 0. The van der Waals surface area contributed by atoms with Gasteiger partial charge in [-0.1, -0.05) is 55.8 Å². The standard InChI is InChI=1S/C34H45F3O/c1-3-5-6-7-26-10-18-30(19-11-26)31-20-21-32(33(35)24-31)34(36,37)38-23-22-27-12-16-29(17-13-27)28-14-8-25(4-2)9-15-28/h3,5,12-13,16-17,20-21,24-26,28,30H,4,6-11,14-15,18-19,22-23H2,1-2H3. The molecule has 2 fully saturated rings. The Morgan fingerprint density at radius 3 is 2.05 bits per heavy atom. The molecule has 2 saturated carbocycles. The van der Waals surface area contributed by atoms with E-state index < -0.39 is 17.5 Å². The van der Waals surface area contributed by atoms with Gasteiger partial charge in [-0.15, -0.1) is 0 Å². The third-order valence-corrected chi connectivity index (χ3v) is 9.15. The summed E-state index contributed by atoms with van der Waals surface area (Å²) in [6.07, 6.45) is 13.8. The van der Waals surface area contributed by atoms with Crippen LogP contribution in [-0.2, 0) is 17.3 Å². The van der Waals surface area contributed by atoms with Crippen molar-refractivity contribution in [1.29, 1.82) is 0 Å². The number of ether oxygens (including phenoxy) is 1. The Balaban J connectivity index is 1.25. The van der Waals surface area contributed by atoms with Gasteiger partial charge in [-0.3, -0.25) is 0 Å². The van der Waals surface area contributed by atoms with Crippen molar-refractivity contribution in [2.24, 2.45) is 11.8 Å². The van der Waals surface area contributed by atoms with Gasteiger partial charge in [0.25, 0.3) is 0 Å². The summed E-state index contributed by atoms with van der Waals surface area (Å²) in [7, 11) is 0. The minimum atomic E-state index is -3.65. The molecule has 0 radical (unpaired) electrons. The number of rotatable bonds is 11. The Kier molecular flexibility index (Phi) is 10.5. The van der Waals surface area contributed by atoms with E-state index in [-0.39, 0.29) is 12.5 Å². The quantitative estimate of drug-likeness (QED) is 0.265. The minimum absolute atomic E-state index is 0.160. The summed E-state index contributed by atoms with van der Waals surface area (Å²) in [5.41, 5.74) is 2.47. The number of allylic oxidation sites excluding steroid dienone is 2. The molecule has 0 heterocycles. The summed E-state index contributed by atoms with van der Waals surface area (Å²) < 4.78 is 49.4. The van der Waals surface area contributed by atoms with Crippen LogP contribution in [0.15, 0.2) is 54.6 Å². The Morgan fingerprint density at radius 1 is 0.842 bits per heavy atom. The van der Waals surface area contributed by atoms with Crippen molar-refractivity contribution in [3.8, 4) is 0 Å². The van der Waals surface area contributed by atoms with Crippen LogP contribution in [0.2, 0.25) is 0 Å². The van der Waals surface area contributed by atoms with E-state index in [1.54, 1.807) is 6.07 Å². The van der Waals surface area contributed by atoms with Gasteiger partial charge in [0.1, 0.15) is 5.82 Å². The number of hydrogen-bond donors (Lipinski definition) is 0. The zero-order valence-corrected chi connectivity index (χ0v) is 23.2. The topological polar surface area (TPSA) is 9.23 Å². The van der Waals surface area contributed by atoms with Crippen LogP contribution in [0.25, 0.3) is 0 Å². The van der Waals surface area contributed by atoms with Crippen LogP contribution in [0.5, 0.6) is 0 Å². The van der Waals surface area contributed by atoms with Gasteiger partial charge in [0.15, 0.2) is 0 Å². The first-order valence-electron chi connectivity index (χ1n) is 14.9. The lowest BCUT2D eigenvalue weighted by Gasteiger charge is -2.29. The molecular formula is C34H45F3O. The zero-order chi connectivity index (χ0) is 27.0. The minimum Gasteiger partial charge on any atom is -0.316 e. The third-order valence-electron chi connectivity index (χ3n) is 9.15. The van der Waals surface area contributed by atoms with Crippen LogP contribution < -0.4 is 0 Å². The van der Waals surface area contributed by atoms with Crippen LogP contribution >= 0.6 is 0 Å². The summed E-state index contributed by atoms with van der Waals surface area (Å²) in [5.74, 6) is 1.56. The van der Waals surface area contributed by atoms with E-state index in [2.05, 4.69) is 31.2 Å². The first-order chi connectivity index (χ1) is 18.4. The second-order valence-electron chi connectivity index (χ2n) is 11.6. The molecule has 2 aliphatic rings. The van der Waals surface area contributed by atoms with Gasteiger partial charge in [-0.05, 0) is 130 Å². The zero-order valence-electron chi connectivity index (χ0n) is 23.2. The molecule has 0 unspecified atom stereocenters. The largest absolute Gasteiger partial charge is 0.386 e. The number of alkyl halides is 2. The smallest absolute Gasteiger partial charge is 0.316 e. The lowest BCUT2D eigenvalue weighted by molar-refractivity contribution is -0.249. The summed E-state index contributed by atoms with van der Waals surface area (Å²) >= 11 is 0.